The lowest BCUT2D eigenvalue weighted by Gasteiger charge is -2.22. The molecule has 0 aromatic heterocycles. The number of benzene rings is 3. The third-order valence-electron chi connectivity index (χ3n) is 6.15. The molecule has 1 aliphatic heterocycles. The number of rotatable bonds is 5. The van der Waals surface area contributed by atoms with E-state index in [0.717, 1.165) is 29.7 Å². The van der Waals surface area contributed by atoms with Gasteiger partial charge in [-0.2, -0.15) is 0 Å². The van der Waals surface area contributed by atoms with Crippen LogP contribution in [-0.2, 0) is 24.1 Å². The summed E-state index contributed by atoms with van der Waals surface area (Å²) in [5.74, 6) is 0.138. The van der Waals surface area contributed by atoms with Gasteiger partial charge in [-0.05, 0) is 72.0 Å². The Bertz CT molecular complexity index is 1160. The largest absolute Gasteiger partial charge is 0.508 e. The van der Waals surface area contributed by atoms with Crippen LogP contribution in [0.15, 0.2) is 65.7 Å². The van der Waals surface area contributed by atoms with E-state index >= 15 is 0 Å². The number of aryl methyl sites for hydroxylation is 2. The van der Waals surface area contributed by atoms with E-state index in [4.69, 9.17) is 16.6 Å². The summed E-state index contributed by atoms with van der Waals surface area (Å²) < 4.78 is 0. The summed E-state index contributed by atoms with van der Waals surface area (Å²) in [7, 11) is 1.80. The molecule has 0 bridgehead atoms. The van der Waals surface area contributed by atoms with Crippen molar-refractivity contribution >= 4 is 28.9 Å². The quantitative estimate of drug-likeness (QED) is 0.555. The van der Waals surface area contributed by atoms with Crippen LogP contribution in [-0.4, -0.2) is 29.8 Å². The lowest BCUT2D eigenvalue weighted by molar-refractivity contribution is -0.119. The molecule has 4 nitrogen and oxygen atoms in total. The van der Waals surface area contributed by atoms with Gasteiger partial charge in [0.05, 0.1) is 11.4 Å². The number of carbonyl (C=O) groups is 1. The number of hydrogen-bond donors (Lipinski definition) is 1. The number of benzodiazepines with no additional fused rings is 1. The Morgan fingerprint density at radius 1 is 1.00 bits per heavy atom. The molecule has 1 heterocycles. The smallest absolute Gasteiger partial charge is 0.251 e. The van der Waals surface area contributed by atoms with Crippen LogP contribution >= 0.6 is 11.6 Å². The zero-order chi connectivity index (χ0) is 22.8. The molecule has 0 saturated carbocycles. The van der Waals surface area contributed by atoms with Crippen molar-refractivity contribution in [3.8, 4) is 5.75 Å². The molecule has 0 aliphatic carbocycles. The van der Waals surface area contributed by atoms with Crippen molar-refractivity contribution in [1.82, 2.24) is 0 Å². The first-order valence-corrected chi connectivity index (χ1v) is 11.3. The maximum atomic E-state index is 13.6. The van der Waals surface area contributed by atoms with Crippen molar-refractivity contribution in [3.05, 3.63) is 93.5 Å². The van der Waals surface area contributed by atoms with Gasteiger partial charge in [-0.25, -0.2) is 0 Å². The molecule has 0 fully saturated rings. The van der Waals surface area contributed by atoms with E-state index in [1.165, 1.54) is 16.7 Å². The van der Waals surface area contributed by atoms with Gasteiger partial charge in [0.1, 0.15) is 11.8 Å². The van der Waals surface area contributed by atoms with Gasteiger partial charge in [0.25, 0.3) is 5.91 Å². The lowest BCUT2D eigenvalue weighted by Crippen LogP contribution is -2.36. The maximum absolute atomic E-state index is 13.6. The summed E-state index contributed by atoms with van der Waals surface area (Å²) >= 11 is 6.34. The third-order valence-corrected chi connectivity index (χ3v) is 6.38. The number of amides is 1. The molecule has 32 heavy (non-hydrogen) atoms. The van der Waals surface area contributed by atoms with Gasteiger partial charge >= 0.3 is 0 Å². The van der Waals surface area contributed by atoms with Crippen LogP contribution < -0.4 is 4.90 Å². The van der Waals surface area contributed by atoms with Crippen molar-refractivity contribution in [1.29, 1.82) is 0 Å². The first-order chi connectivity index (χ1) is 15.4. The molecule has 1 amide bonds. The molecular weight excluding hydrogens is 420 g/mol. The number of carbonyl (C=O) groups excluding carboxylic acids is 1. The van der Waals surface area contributed by atoms with E-state index < -0.39 is 6.04 Å². The predicted molar refractivity (Wildman–Crippen MR) is 131 cm³/mol. The number of aliphatic imine (C=N–C) groups is 1. The van der Waals surface area contributed by atoms with Gasteiger partial charge < -0.3 is 10.0 Å². The highest BCUT2D eigenvalue weighted by Gasteiger charge is 2.31. The van der Waals surface area contributed by atoms with Crippen LogP contribution in [0.2, 0.25) is 5.02 Å². The molecule has 4 rings (SSSR count). The van der Waals surface area contributed by atoms with E-state index in [0.29, 0.717) is 17.2 Å². The maximum Gasteiger partial charge on any atom is 0.251 e. The van der Waals surface area contributed by atoms with Gasteiger partial charge in [0, 0.05) is 29.6 Å². The highest BCUT2D eigenvalue weighted by atomic mass is 35.5. The minimum Gasteiger partial charge on any atom is -0.508 e. The highest BCUT2D eigenvalue weighted by molar-refractivity contribution is 6.32. The number of hydrogen-bond acceptors (Lipinski definition) is 3. The van der Waals surface area contributed by atoms with E-state index in [1.54, 1.807) is 30.1 Å². The zero-order valence-corrected chi connectivity index (χ0v) is 19.4. The second kappa shape index (κ2) is 9.17. The second-order valence-corrected chi connectivity index (χ2v) is 8.50. The van der Waals surface area contributed by atoms with Crippen molar-refractivity contribution < 1.29 is 9.90 Å². The van der Waals surface area contributed by atoms with Gasteiger partial charge in [0.2, 0.25) is 0 Å². The summed E-state index contributed by atoms with van der Waals surface area (Å²) in [6.07, 6.45) is 2.36. The normalized spacial score (nSPS) is 15.9. The van der Waals surface area contributed by atoms with Crippen LogP contribution in [0.5, 0.6) is 5.75 Å². The zero-order valence-electron chi connectivity index (χ0n) is 18.6. The Morgan fingerprint density at radius 3 is 2.28 bits per heavy atom. The Kier molecular flexibility index (Phi) is 6.33. The molecule has 3 aromatic carbocycles. The fraction of sp³-hybridized carbons (Fsp3) is 0.259. The number of halogens is 1. The Morgan fingerprint density at radius 2 is 1.66 bits per heavy atom. The number of phenols is 1. The van der Waals surface area contributed by atoms with Gasteiger partial charge in [-0.1, -0.05) is 43.6 Å². The molecule has 1 unspecified atom stereocenters. The van der Waals surface area contributed by atoms with Gasteiger partial charge in [-0.15, -0.1) is 0 Å². The van der Waals surface area contributed by atoms with Crippen molar-refractivity contribution in [2.45, 2.75) is 39.2 Å². The Labute approximate surface area is 194 Å². The summed E-state index contributed by atoms with van der Waals surface area (Å²) in [5.41, 5.74) is 6.84. The molecule has 1 N–H and O–H groups in total. The minimum atomic E-state index is -0.562. The fourth-order valence-electron chi connectivity index (χ4n) is 4.40. The number of fused-ring (bicyclic) bond motifs is 1. The molecule has 1 atom stereocenters. The van der Waals surface area contributed by atoms with Crippen LogP contribution in [0.3, 0.4) is 0 Å². The molecular formula is C27H27ClN2O2. The third kappa shape index (κ3) is 4.15. The lowest BCUT2D eigenvalue weighted by atomic mass is 9.92. The number of nitrogens with zero attached hydrogens (tertiary/aromatic N) is 2. The number of phenolic OH excluding ortho intramolecular Hbond substituents is 1. The topological polar surface area (TPSA) is 52.9 Å². The SMILES string of the molecule is CCc1cccc(CC)c1CC1N=C(c2ccc(O)cc2)c2cc(Cl)ccc2N(C)C1=O. The molecule has 164 valence electrons. The van der Waals surface area contributed by atoms with Crippen LogP contribution in [0.1, 0.15) is 41.7 Å². The first-order valence-electron chi connectivity index (χ1n) is 11.0. The second-order valence-electron chi connectivity index (χ2n) is 8.07. The fourth-order valence-corrected chi connectivity index (χ4v) is 4.57. The first kappa shape index (κ1) is 22.1. The predicted octanol–water partition coefficient (Wildman–Crippen LogP) is 5.60. The van der Waals surface area contributed by atoms with Crippen LogP contribution in [0.4, 0.5) is 5.69 Å². The molecule has 3 aromatic rings. The summed E-state index contributed by atoms with van der Waals surface area (Å²) in [6, 6.07) is 18.2. The summed E-state index contributed by atoms with van der Waals surface area (Å²) in [4.78, 5) is 20.3. The van der Waals surface area contributed by atoms with Crippen LogP contribution in [0.25, 0.3) is 0 Å². The van der Waals surface area contributed by atoms with Crippen molar-refractivity contribution in [2.24, 2.45) is 4.99 Å². The summed E-state index contributed by atoms with van der Waals surface area (Å²) in [6.45, 7) is 4.28. The average Bonchev–Trinajstić information content (AvgIpc) is 2.90. The Hall–Kier alpha value is -3.11. The number of aromatic hydroxyl groups is 1. The van der Waals surface area contributed by atoms with E-state index in [1.807, 2.05) is 24.3 Å². The number of anilines is 1. The average molecular weight is 447 g/mol. The van der Waals surface area contributed by atoms with E-state index in [-0.39, 0.29) is 11.7 Å². The molecule has 0 saturated heterocycles. The van der Waals surface area contributed by atoms with E-state index in [2.05, 4.69) is 32.0 Å². The van der Waals surface area contributed by atoms with Gasteiger partial charge in [-0.3, -0.25) is 9.79 Å². The van der Waals surface area contributed by atoms with Crippen molar-refractivity contribution in [3.63, 3.8) is 0 Å². The van der Waals surface area contributed by atoms with Crippen molar-refractivity contribution in [2.75, 3.05) is 11.9 Å². The van der Waals surface area contributed by atoms with Crippen LogP contribution in [0, 0.1) is 0 Å². The molecule has 5 heteroatoms. The Balaban J connectivity index is 1.89. The molecule has 0 spiro atoms. The monoisotopic (exact) mass is 446 g/mol. The highest BCUT2D eigenvalue weighted by Crippen LogP contribution is 2.32. The standard InChI is InChI=1S/C27H27ClN2O2/c1-4-17-7-6-8-18(5-2)22(17)16-24-27(32)30(3)25-14-11-20(28)15-23(25)26(29-24)19-9-12-21(31)13-10-19/h6-15,24,31H,4-5,16H2,1-3H3. The molecule has 1 aliphatic rings. The van der Waals surface area contributed by atoms with E-state index in [9.17, 15) is 9.90 Å². The number of likely N-dealkylation sites (N-methyl/N-ethyl adjacent to an activating group) is 1. The van der Waals surface area contributed by atoms with Gasteiger partial charge in [0.15, 0.2) is 0 Å². The summed E-state index contributed by atoms with van der Waals surface area (Å²) in [5, 5.41) is 10.4. The minimum absolute atomic E-state index is 0.0460. The molecule has 0 radical (unpaired) electrons.